The van der Waals surface area contributed by atoms with Crippen LogP contribution in [0.1, 0.15) is 18.4 Å². The van der Waals surface area contributed by atoms with Crippen molar-refractivity contribution in [2.24, 2.45) is 0 Å². The predicted molar refractivity (Wildman–Crippen MR) is 136 cm³/mol. The second-order valence-electron chi connectivity index (χ2n) is 8.48. The number of rotatable bonds is 11. The van der Waals surface area contributed by atoms with E-state index >= 15 is 0 Å². The maximum atomic E-state index is 12.1. The lowest BCUT2D eigenvalue weighted by atomic mass is 10.1. The van der Waals surface area contributed by atoms with E-state index < -0.39 is 0 Å². The van der Waals surface area contributed by atoms with Gasteiger partial charge in [-0.2, -0.15) is 0 Å². The van der Waals surface area contributed by atoms with Crippen molar-refractivity contribution in [2.75, 3.05) is 44.9 Å². The summed E-state index contributed by atoms with van der Waals surface area (Å²) in [7, 11) is 1.64. The van der Waals surface area contributed by atoms with E-state index in [1.165, 1.54) is 0 Å². The molecule has 3 aromatic rings. The Morgan fingerprint density at radius 3 is 2.74 bits per heavy atom. The fourth-order valence-electron chi connectivity index (χ4n) is 4.14. The van der Waals surface area contributed by atoms with E-state index in [0.29, 0.717) is 32.2 Å². The number of methoxy groups -OCH3 is 1. The summed E-state index contributed by atoms with van der Waals surface area (Å²) in [5.41, 5.74) is 3.27. The Kier molecular flexibility index (Phi) is 9.03. The number of piperazine rings is 1. The average Bonchev–Trinajstić information content (AvgIpc) is 2.92. The highest BCUT2D eigenvalue weighted by Gasteiger charge is 2.22. The lowest BCUT2D eigenvalue weighted by molar-refractivity contribution is -0.122. The van der Waals surface area contributed by atoms with Crippen LogP contribution in [0.5, 0.6) is 5.75 Å². The van der Waals surface area contributed by atoms with E-state index in [1.54, 1.807) is 7.11 Å². The molecule has 0 aliphatic carbocycles. The largest absolute Gasteiger partial charge is 0.497 e. The van der Waals surface area contributed by atoms with Gasteiger partial charge in [0.05, 0.1) is 13.7 Å². The molecule has 3 heterocycles. The van der Waals surface area contributed by atoms with Gasteiger partial charge in [-0.15, -0.1) is 0 Å². The van der Waals surface area contributed by atoms with Gasteiger partial charge in [0.1, 0.15) is 11.6 Å². The molecule has 2 aromatic heterocycles. The molecule has 0 saturated carbocycles. The number of anilines is 1. The minimum atomic E-state index is -0.0124. The van der Waals surface area contributed by atoms with Crippen LogP contribution < -0.4 is 20.3 Å². The summed E-state index contributed by atoms with van der Waals surface area (Å²) >= 11 is 0. The number of benzene rings is 1. The molecule has 0 radical (unpaired) electrons. The molecule has 8 nitrogen and oxygen atoms in total. The third-order valence-electron chi connectivity index (χ3n) is 6.07. The molecule has 0 bridgehead atoms. The molecule has 1 unspecified atom stereocenters. The second-order valence-corrected chi connectivity index (χ2v) is 8.48. The third kappa shape index (κ3) is 7.24. The normalized spacial score (nSPS) is 15.6. The van der Waals surface area contributed by atoms with Crippen LogP contribution >= 0.6 is 0 Å². The SMILES string of the molecule is COc1ccc(CNC(=O)CCOCCC2CN(c3ncccc3-c3ccncc3)CCN2)cc1. The van der Waals surface area contributed by atoms with Crippen molar-refractivity contribution in [3.8, 4) is 16.9 Å². The van der Waals surface area contributed by atoms with Crippen LogP contribution in [0.25, 0.3) is 11.1 Å². The van der Waals surface area contributed by atoms with Crippen LogP contribution in [0.15, 0.2) is 67.1 Å². The number of ether oxygens (including phenoxy) is 2. The molecule has 1 fully saturated rings. The van der Waals surface area contributed by atoms with Crippen LogP contribution in [-0.4, -0.2) is 61.9 Å². The third-order valence-corrected chi connectivity index (χ3v) is 6.07. The van der Waals surface area contributed by atoms with Crippen molar-refractivity contribution in [1.29, 1.82) is 0 Å². The van der Waals surface area contributed by atoms with Gasteiger partial charge in [0.25, 0.3) is 0 Å². The Morgan fingerprint density at radius 2 is 1.94 bits per heavy atom. The first-order chi connectivity index (χ1) is 17.2. The molecule has 1 aliphatic rings. The zero-order valence-electron chi connectivity index (χ0n) is 20.2. The molecular weight excluding hydrogens is 442 g/mol. The fraction of sp³-hybridized carbons (Fsp3) is 0.370. The van der Waals surface area contributed by atoms with Crippen LogP contribution in [0, 0.1) is 0 Å². The van der Waals surface area contributed by atoms with Gasteiger partial charge in [-0.25, -0.2) is 4.98 Å². The molecule has 184 valence electrons. The average molecular weight is 476 g/mol. The summed E-state index contributed by atoms with van der Waals surface area (Å²) in [6.45, 7) is 4.18. The quantitative estimate of drug-likeness (QED) is 0.412. The van der Waals surface area contributed by atoms with E-state index in [2.05, 4.69) is 31.6 Å². The van der Waals surface area contributed by atoms with Crippen molar-refractivity contribution in [1.82, 2.24) is 20.6 Å². The second kappa shape index (κ2) is 12.8. The van der Waals surface area contributed by atoms with Crippen LogP contribution in [0.4, 0.5) is 5.82 Å². The summed E-state index contributed by atoms with van der Waals surface area (Å²) < 4.78 is 10.9. The van der Waals surface area contributed by atoms with Crippen molar-refractivity contribution >= 4 is 11.7 Å². The van der Waals surface area contributed by atoms with Gasteiger partial charge in [-0.05, 0) is 53.9 Å². The fourth-order valence-corrected chi connectivity index (χ4v) is 4.14. The molecular formula is C27H33N5O3. The molecule has 1 saturated heterocycles. The number of amides is 1. The number of pyridine rings is 2. The van der Waals surface area contributed by atoms with Gasteiger partial charge < -0.3 is 25.0 Å². The summed E-state index contributed by atoms with van der Waals surface area (Å²) in [5.74, 6) is 1.79. The highest BCUT2D eigenvalue weighted by Crippen LogP contribution is 2.29. The minimum absolute atomic E-state index is 0.0124. The number of carbonyl (C=O) groups is 1. The van der Waals surface area contributed by atoms with Crippen LogP contribution in [-0.2, 0) is 16.1 Å². The van der Waals surface area contributed by atoms with Gasteiger partial charge in [0.2, 0.25) is 5.91 Å². The number of hydrogen-bond donors (Lipinski definition) is 2. The molecule has 8 heteroatoms. The monoisotopic (exact) mass is 475 g/mol. The Labute approximate surface area is 206 Å². The number of nitrogens with one attached hydrogen (secondary N) is 2. The number of carbonyl (C=O) groups excluding carboxylic acids is 1. The first-order valence-electron chi connectivity index (χ1n) is 12.0. The van der Waals surface area contributed by atoms with Crippen LogP contribution in [0.3, 0.4) is 0 Å². The molecule has 1 atom stereocenters. The molecule has 2 N–H and O–H groups in total. The molecule has 1 aliphatic heterocycles. The summed E-state index contributed by atoms with van der Waals surface area (Å²) in [6.07, 6.45) is 6.69. The Hall–Kier alpha value is -3.49. The van der Waals surface area contributed by atoms with E-state index in [9.17, 15) is 4.79 Å². The zero-order valence-corrected chi connectivity index (χ0v) is 20.2. The van der Waals surface area contributed by atoms with E-state index in [1.807, 2.05) is 61.1 Å². The van der Waals surface area contributed by atoms with E-state index in [-0.39, 0.29) is 5.91 Å². The maximum absolute atomic E-state index is 12.1. The van der Waals surface area contributed by atoms with Gasteiger partial charge >= 0.3 is 0 Å². The number of hydrogen-bond acceptors (Lipinski definition) is 7. The van der Waals surface area contributed by atoms with Crippen molar-refractivity contribution in [2.45, 2.75) is 25.4 Å². The first kappa shape index (κ1) is 24.6. The highest BCUT2D eigenvalue weighted by atomic mass is 16.5. The van der Waals surface area contributed by atoms with Gasteiger partial charge in [-0.3, -0.25) is 9.78 Å². The van der Waals surface area contributed by atoms with Crippen LogP contribution in [0.2, 0.25) is 0 Å². The van der Waals surface area contributed by atoms with Gasteiger partial charge in [0, 0.05) is 69.4 Å². The molecule has 35 heavy (non-hydrogen) atoms. The summed E-state index contributed by atoms with van der Waals surface area (Å²) in [6, 6.07) is 16.1. The Balaban J connectivity index is 1.17. The van der Waals surface area contributed by atoms with Crippen molar-refractivity contribution < 1.29 is 14.3 Å². The standard InChI is InChI=1S/C27H33N5O3/c1-34-24-6-4-21(5-7-24)19-31-26(33)11-18-35-17-10-23-20-32(16-15-29-23)27-25(3-2-12-30-27)22-8-13-28-14-9-22/h2-9,12-14,23,29H,10-11,15-20H2,1H3,(H,31,33). The summed E-state index contributed by atoms with van der Waals surface area (Å²) in [4.78, 5) is 23.3. The number of nitrogens with zero attached hydrogens (tertiary/aromatic N) is 3. The highest BCUT2D eigenvalue weighted by molar-refractivity contribution is 5.76. The van der Waals surface area contributed by atoms with Crippen molar-refractivity contribution in [3.05, 3.63) is 72.7 Å². The molecule has 1 aromatic carbocycles. The lowest BCUT2D eigenvalue weighted by Crippen LogP contribution is -2.51. The molecule has 1 amide bonds. The Bertz CT molecular complexity index is 1060. The van der Waals surface area contributed by atoms with Gasteiger partial charge in [-0.1, -0.05) is 12.1 Å². The number of aromatic nitrogens is 2. The maximum Gasteiger partial charge on any atom is 0.222 e. The molecule has 4 rings (SSSR count). The topological polar surface area (TPSA) is 88.6 Å². The Morgan fingerprint density at radius 1 is 1.11 bits per heavy atom. The van der Waals surface area contributed by atoms with E-state index in [0.717, 1.165) is 54.3 Å². The zero-order chi connectivity index (χ0) is 24.3. The minimum Gasteiger partial charge on any atom is -0.497 e. The van der Waals surface area contributed by atoms with E-state index in [4.69, 9.17) is 9.47 Å². The molecule has 0 spiro atoms. The first-order valence-corrected chi connectivity index (χ1v) is 12.0. The van der Waals surface area contributed by atoms with Crippen molar-refractivity contribution in [3.63, 3.8) is 0 Å². The predicted octanol–water partition coefficient (Wildman–Crippen LogP) is 3.04. The lowest BCUT2D eigenvalue weighted by Gasteiger charge is -2.35. The smallest absolute Gasteiger partial charge is 0.222 e. The summed E-state index contributed by atoms with van der Waals surface area (Å²) in [5, 5.41) is 6.51. The van der Waals surface area contributed by atoms with Gasteiger partial charge in [0.15, 0.2) is 0 Å².